The lowest BCUT2D eigenvalue weighted by Crippen LogP contribution is -2.25. The summed E-state index contributed by atoms with van der Waals surface area (Å²) in [7, 11) is 0. The molecule has 500 valence electrons. The van der Waals surface area contributed by atoms with Crippen molar-refractivity contribution in [2.24, 2.45) is 0 Å². The van der Waals surface area contributed by atoms with Gasteiger partial charge in [-0.2, -0.15) is 0 Å². The maximum Gasteiger partial charge on any atom is 0.0366 e. The highest BCUT2D eigenvalue weighted by Gasteiger charge is 2.20. The summed E-state index contributed by atoms with van der Waals surface area (Å²) in [6.07, 6.45) is 57.2. The number of unbranched alkanes of at least 4 members (excludes halogenated alkanes) is 20. The molecule has 0 aliphatic heterocycles. The molecule has 0 heterocycles. The maximum atomic E-state index is 2.66. The molecule has 3 aliphatic carbocycles. The standard InChI is InChI=1S/C94H114N2/c1-5-9-13-17-21-25-63-95(64-26-22-18-14-10-6-2)87-53-37-73(38-54-87)29-31-75-41-57-89-81(67-75)47-49-83-69-77(43-59-91(83)89)33-35-79-45-61-93-85(71-79)51-52-86-72-80(46-62-94(86)93)36-34-78-44-60-92-84(70-78)50-48-82-68-76(42-58-90(82)92)32-30-74-39-55-88(56-40-74)96(65-27-23-19-15-11-7-3)66-28-24-20-16-12-8-4/h29-46,53-62,67-72H,5-28,47-52,63-66H2,1-4H3/b31-29+,32-30+,35-33+,36-34+. The minimum Gasteiger partial charge on any atom is -0.372 e. The van der Waals surface area contributed by atoms with Crippen molar-refractivity contribution in [1.82, 2.24) is 0 Å². The van der Waals surface area contributed by atoms with Gasteiger partial charge in [0.05, 0.1) is 0 Å². The van der Waals surface area contributed by atoms with Gasteiger partial charge in [0.1, 0.15) is 0 Å². The predicted molar refractivity (Wildman–Crippen MR) is 424 cm³/mol. The second kappa shape index (κ2) is 37.2. The van der Waals surface area contributed by atoms with Gasteiger partial charge < -0.3 is 9.80 Å². The number of hydrogen-bond donors (Lipinski definition) is 0. The van der Waals surface area contributed by atoms with Crippen LogP contribution in [-0.2, 0) is 38.5 Å². The molecular formula is C94H114N2. The molecule has 0 saturated carbocycles. The highest BCUT2D eigenvalue weighted by Crippen LogP contribution is 2.39. The Kier molecular flexibility index (Phi) is 27.0. The van der Waals surface area contributed by atoms with Crippen molar-refractivity contribution in [1.29, 1.82) is 0 Å². The summed E-state index contributed by atoms with van der Waals surface area (Å²) in [6.45, 7) is 13.9. The topological polar surface area (TPSA) is 6.48 Å². The molecule has 3 aliphatic rings. The van der Waals surface area contributed by atoms with Crippen molar-refractivity contribution in [3.05, 3.63) is 236 Å². The number of rotatable bonds is 38. The minimum atomic E-state index is 1.06. The first kappa shape index (κ1) is 69.7. The quantitative estimate of drug-likeness (QED) is 0.0281. The third kappa shape index (κ3) is 20.0. The molecule has 0 atom stereocenters. The van der Waals surface area contributed by atoms with E-state index in [1.807, 2.05) is 0 Å². The number of fused-ring (bicyclic) bond motifs is 9. The normalized spacial score (nSPS) is 13.1. The van der Waals surface area contributed by atoms with Crippen molar-refractivity contribution in [2.75, 3.05) is 36.0 Å². The summed E-state index contributed by atoms with van der Waals surface area (Å²) in [5.41, 5.74) is 30.0. The first-order valence-electron chi connectivity index (χ1n) is 38.6. The lowest BCUT2D eigenvalue weighted by atomic mass is 9.83. The Morgan fingerprint density at radius 1 is 0.208 bits per heavy atom. The van der Waals surface area contributed by atoms with E-state index >= 15 is 0 Å². The average Bonchev–Trinajstić information content (AvgIpc) is 0.857. The van der Waals surface area contributed by atoms with E-state index < -0.39 is 0 Å². The fourth-order valence-corrected chi connectivity index (χ4v) is 15.4. The van der Waals surface area contributed by atoms with Crippen molar-refractivity contribution in [3.8, 4) is 33.4 Å². The Labute approximate surface area is 581 Å². The van der Waals surface area contributed by atoms with Crippen LogP contribution in [0.4, 0.5) is 11.4 Å². The molecule has 0 bridgehead atoms. The van der Waals surface area contributed by atoms with Gasteiger partial charge in [-0.15, -0.1) is 0 Å². The van der Waals surface area contributed by atoms with Crippen molar-refractivity contribution < 1.29 is 0 Å². The number of hydrogen-bond acceptors (Lipinski definition) is 2. The smallest absolute Gasteiger partial charge is 0.0366 e. The number of nitrogens with zero attached hydrogens (tertiary/aromatic N) is 2. The van der Waals surface area contributed by atoms with Crippen LogP contribution in [0.15, 0.2) is 158 Å². The van der Waals surface area contributed by atoms with Crippen LogP contribution in [0, 0.1) is 0 Å². The van der Waals surface area contributed by atoms with Gasteiger partial charge in [0.15, 0.2) is 0 Å². The molecule has 0 saturated heterocycles. The molecule has 0 fully saturated rings. The minimum absolute atomic E-state index is 1.06. The zero-order valence-electron chi connectivity index (χ0n) is 59.6. The molecule has 0 unspecified atom stereocenters. The van der Waals surface area contributed by atoms with E-state index in [0.717, 1.165) is 38.5 Å². The van der Waals surface area contributed by atoms with E-state index in [4.69, 9.17) is 0 Å². The lowest BCUT2D eigenvalue weighted by Gasteiger charge is -2.25. The van der Waals surface area contributed by atoms with Crippen molar-refractivity contribution in [2.45, 2.75) is 220 Å². The van der Waals surface area contributed by atoms with Crippen LogP contribution < -0.4 is 9.80 Å². The van der Waals surface area contributed by atoms with Crippen molar-refractivity contribution >= 4 is 60.0 Å². The summed E-state index contributed by atoms with van der Waals surface area (Å²) >= 11 is 0. The first-order chi connectivity index (χ1) is 47.4. The highest BCUT2D eigenvalue weighted by molar-refractivity contribution is 5.83. The highest BCUT2D eigenvalue weighted by atomic mass is 15.1. The number of aryl methyl sites for hydroxylation is 6. The Morgan fingerprint density at radius 2 is 0.385 bits per heavy atom. The second-order valence-corrected chi connectivity index (χ2v) is 28.6. The Morgan fingerprint density at radius 3 is 0.594 bits per heavy atom. The maximum absolute atomic E-state index is 2.66. The Bertz CT molecular complexity index is 3560. The Hall–Kier alpha value is -7.68. The van der Waals surface area contributed by atoms with Gasteiger partial charge in [-0.3, -0.25) is 0 Å². The van der Waals surface area contributed by atoms with E-state index in [2.05, 4.69) is 244 Å². The molecule has 0 radical (unpaired) electrons. The van der Waals surface area contributed by atoms with Crippen LogP contribution in [0.1, 0.15) is 260 Å². The summed E-state index contributed by atoms with van der Waals surface area (Å²) in [4.78, 5) is 5.32. The SMILES string of the molecule is CCCCCCCCN(CCCCCCCC)c1ccc(/C=C/c2ccc3c(c2)CCc2cc(/C=C/c4ccc5c(c4)CCc4cc(/C=C/c6ccc7c(c6)CCc6cc(/C=C/c8ccc(N(CCCCCCCC)CCCCCCCC)cc8)ccc6-7)ccc4-5)ccc2-3)cc1. The van der Waals surface area contributed by atoms with Gasteiger partial charge >= 0.3 is 0 Å². The van der Waals surface area contributed by atoms with E-state index in [0.29, 0.717) is 0 Å². The summed E-state index contributed by atoms with van der Waals surface area (Å²) in [5, 5.41) is 0. The monoisotopic (exact) mass is 1270 g/mol. The molecule has 8 aromatic carbocycles. The van der Waals surface area contributed by atoms with E-state index in [9.17, 15) is 0 Å². The van der Waals surface area contributed by atoms with Crippen molar-refractivity contribution in [3.63, 3.8) is 0 Å². The fraction of sp³-hybridized carbons (Fsp3) is 0.404. The second-order valence-electron chi connectivity index (χ2n) is 28.6. The largest absolute Gasteiger partial charge is 0.372 e. The molecule has 2 nitrogen and oxygen atoms in total. The fourth-order valence-electron chi connectivity index (χ4n) is 15.4. The Balaban J connectivity index is 0.659. The van der Waals surface area contributed by atoms with Gasteiger partial charge in [-0.25, -0.2) is 0 Å². The predicted octanol–water partition coefficient (Wildman–Crippen LogP) is 26.7. The number of anilines is 2. The van der Waals surface area contributed by atoms with E-state index in [1.54, 1.807) is 0 Å². The molecule has 11 rings (SSSR count). The molecule has 8 aromatic rings. The van der Waals surface area contributed by atoms with Crippen LogP contribution in [0.2, 0.25) is 0 Å². The number of benzene rings is 8. The third-order valence-corrected chi connectivity index (χ3v) is 21.2. The van der Waals surface area contributed by atoms with Crippen LogP contribution in [0.5, 0.6) is 0 Å². The molecular weight excluding hydrogens is 1160 g/mol. The van der Waals surface area contributed by atoms with Gasteiger partial charge in [0, 0.05) is 37.6 Å². The molecule has 0 aromatic heterocycles. The molecule has 2 heteroatoms. The van der Waals surface area contributed by atoms with Crippen LogP contribution in [0.25, 0.3) is 82.0 Å². The van der Waals surface area contributed by atoms with E-state index in [-0.39, 0.29) is 0 Å². The zero-order chi connectivity index (χ0) is 65.9. The van der Waals surface area contributed by atoms with Gasteiger partial charge in [-0.05, 0) is 200 Å². The van der Waals surface area contributed by atoms with Gasteiger partial charge in [0.25, 0.3) is 0 Å². The lowest BCUT2D eigenvalue weighted by molar-refractivity contribution is 0.575. The molecule has 96 heavy (non-hydrogen) atoms. The first-order valence-corrected chi connectivity index (χ1v) is 38.6. The summed E-state index contributed by atoms with van der Waals surface area (Å²) < 4.78 is 0. The molecule has 0 N–H and O–H groups in total. The molecule has 0 amide bonds. The van der Waals surface area contributed by atoms with Crippen LogP contribution in [0.3, 0.4) is 0 Å². The van der Waals surface area contributed by atoms with Crippen LogP contribution >= 0.6 is 0 Å². The average molecular weight is 1270 g/mol. The third-order valence-electron chi connectivity index (χ3n) is 21.2. The summed E-state index contributed by atoms with van der Waals surface area (Å²) in [5.74, 6) is 0. The molecule has 0 spiro atoms. The van der Waals surface area contributed by atoms with Gasteiger partial charge in [0.2, 0.25) is 0 Å². The van der Waals surface area contributed by atoms with Gasteiger partial charge in [-0.1, -0.05) is 338 Å². The summed E-state index contributed by atoms with van der Waals surface area (Å²) in [6, 6.07) is 61.3. The van der Waals surface area contributed by atoms with E-state index in [1.165, 1.54) is 303 Å². The van der Waals surface area contributed by atoms with Crippen LogP contribution in [-0.4, -0.2) is 26.2 Å². The zero-order valence-corrected chi connectivity index (χ0v) is 59.6.